The van der Waals surface area contributed by atoms with Crippen molar-refractivity contribution in [2.75, 3.05) is 0 Å². The maximum absolute atomic E-state index is 12.4. The molecular weight excluding hydrogens is 375 g/mol. The molecule has 0 fully saturated rings. The molecular formula is C18H10Cl2N4O2. The fraction of sp³-hybridized carbons (Fsp3) is 0. The summed E-state index contributed by atoms with van der Waals surface area (Å²) >= 11 is 12.5. The molecule has 128 valence electrons. The molecule has 0 atom stereocenters. The third-order valence-electron chi connectivity index (χ3n) is 3.68. The average Bonchev–Trinajstić information content (AvgIpc) is 2.64. The van der Waals surface area contributed by atoms with Crippen molar-refractivity contribution in [3.8, 4) is 22.8 Å². The predicted octanol–water partition coefficient (Wildman–Crippen LogP) is 4.25. The lowest BCUT2D eigenvalue weighted by atomic mass is 10.1. The molecule has 3 heterocycles. The smallest absolute Gasteiger partial charge is 0.281 e. The Kier molecular flexibility index (Phi) is 4.28. The zero-order valence-electron chi connectivity index (χ0n) is 13.1. The van der Waals surface area contributed by atoms with Gasteiger partial charge < -0.3 is 4.74 Å². The zero-order valence-corrected chi connectivity index (χ0v) is 14.6. The van der Waals surface area contributed by atoms with Crippen LogP contribution in [0.2, 0.25) is 10.0 Å². The lowest BCUT2D eigenvalue weighted by Gasteiger charge is -2.11. The molecule has 0 radical (unpaired) electrons. The highest BCUT2D eigenvalue weighted by Crippen LogP contribution is 2.34. The second-order valence-electron chi connectivity index (χ2n) is 5.31. The van der Waals surface area contributed by atoms with Crippen molar-refractivity contribution in [3.05, 3.63) is 81.6 Å². The molecule has 1 aromatic carbocycles. The van der Waals surface area contributed by atoms with E-state index < -0.39 is 5.56 Å². The number of halogens is 2. The molecule has 26 heavy (non-hydrogen) atoms. The van der Waals surface area contributed by atoms with Crippen LogP contribution in [0.4, 0.5) is 0 Å². The Hall–Kier alpha value is -2.96. The van der Waals surface area contributed by atoms with E-state index in [1.165, 1.54) is 10.8 Å². The van der Waals surface area contributed by atoms with Crippen LogP contribution in [0, 0.1) is 0 Å². The van der Waals surface area contributed by atoms with Crippen LogP contribution in [0.25, 0.3) is 16.6 Å². The minimum atomic E-state index is -0.440. The first-order valence-electron chi connectivity index (χ1n) is 7.54. The van der Waals surface area contributed by atoms with Gasteiger partial charge in [-0.2, -0.15) is 4.98 Å². The number of aromatic nitrogens is 4. The Balaban J connectivity index is 1.87. The standard InChI is InChI=1S/C18H10Cl2N4O2/c19-12-2-1-3-13(20)16(12)17-14-4-5-15(23-24(14)10-22-18(17)25)26-11-6-8-21-9-7-11/h1-10H. The molecule has 0 bridgehead atoms. The Labute approximate surface area is 157 Å². The van der Waals surface area contributed by atoms with Crippen molar-refractivity contribution in [2.45, 2.75) is 0 Å². The van der Waals surface area contributed by atoms with E-state index in [0.29, 0.717) is 32.8 Å². The molecule has 0 N–H and O–H groups in total. The van der Waals surface area contributed by atoms with Crippen LogP contribution >= 0.6 is 23.2 Å². The van der Waals surface area contributed by atoms with E-state index in [4.69, 9.17) is 27.9 Å². The van der Waals surface area contributed by atoms with Crippen LogP contribution in [0.5, 0.6) is 11.6 Å². The van der Waals surface area contributed by atoms with Crippen molar-refractivity contribution < 1.29 is 4.74 Å². The van der Waals surface area contributed by atoms with Gasteiger partial charge in [0.2, 0.25) is 5.88 Å². The van der Waals surface area contributed by atoms with Gasteiger partial charge in [-0.15, -0.1) is 5.10 Å². The number of fused-ring (bicyclic) bond motifs is 1. The van der Waals surface area contributed by atoms with Gasteiger partial charge in [0, 0.05) is 24.0 Å². The highest BCUT2D eigenvalue weighted by atomic mass is 35.5. The van der Waals surface area contributed by atoms with Gasteiger partial charge in [0.1, 0.15) is 12.1 Å². The van der Waals surface area contributed by atoms with Gasteiger partial charge in [0.05, 0.1) is 21.1 Å². The first-order valence-corrected chi connectivity index (χ1v) is 8.30. The van der Waals surface area contributed by atoms with E-state index in [2.05, 4.69) is 15.1 Å². The Bertz CT molecular complexity index is 1140. The van der Waals surface area contributed by atoms with Crippen molar-refractivity contribution in [1.29, 1.82) is 0 Å². The summed E-state index contributed by atoms with van der Waals surface area (Å²) in [6.45, 7) is 0. The fourth-order valence-corrected chi connectivity index (χ4v) is 3.13. The highest BCUT2D eigenvalue weighted by molar-refractivity contribution is 6.39. The summed E-state index contributed by atoms with van der Waals surface area (Å²) in [5, 5.41) is 5.07. The zero-order chi connectivity index (χ0) is 18.1. The molecule has 3 aromatic heterocycles. The fourth-order valence-electron chi connectivity index (χ4n) is 2.54. The van der Waals surface area contributed by atoms with Crippen molar-refractivity contribution >= 4 is 28.7 Å². The number of rotatable bonds is 3. The number of nitrogens with zero attached hydrogens (tertiary/aromatic N) is 4. The number of hydrogen-bond acceptors (Lipinski definition) is 5. The second-order valence-corrected chi connectivity index (χ2v) is 6.12. The molecule has 0 aliphatic heterocycles. The average molecular weight is 385 g/mol. The summed E-state index contributed by atoms with van der Waals surface area (Å²) in [6, 6.07) is 11.8. The molecule has 0 amide bonds. The lowest BCUT2D eigenvalue weighted by molar-refractivity contribution is 0.451. The molecule has 8 heteroatoms. The van der Waals surface area contributed by atoms with E-state index in [0.717, 1.165) is 0 Å². The maximum atomic E-state index is 12.4. The molecule has 4 rings (SSSR count). The quantitative estimate of drug-likeness (QED) is 0.527. The van der Waals surface area contributed by atoms with Crippen LogP contribution in [0.1, 0.15) is 0 Å². The van der Waals surface area contributed by atoms with Gasteiger partial charge in [-0.1, -0.05) is 29.3 Å². The minimum absolute atomic E-state index is 0.283. The van der Waals surface area contributed by atoms with Gasteiger partial charge in [-0.25, -0.2) is 4.52 Å². The van der Waals surface area contributed by atoms with Gasteiger partial charge in [-0.3, -0.25) is 9.78 Å². The number of benzene rings is 1. The van der Waals surface area contributed by atoms with Crippen molar-refractivity contribution in [2.24, 2.45) is 0 Å². The monoisotopic (exact) mass is 384 g/mol. The van der Waals surface area contributed by atoms with Crippen molar-refractivity contribution in [1.82, 2.24) is 19.6 Å². The second kappa shape index (κ2) is 6.74. The molecule has 0 saturated carbocycles. The Morgan fingerprint density at radius 3 is 2.38 bits per heavy atom. The van der Waals surface area contributed by atoms with Crippen LogP contribution in [0.3, 0.4) is 0 Å². The van der Waals surface area contributed by atoms with Crippen LogP contribution < -0.4 is 10.3 Å². The number of hydrogen-bond donors (Lipinski definition) is 0. The summed E-state index contributed by atoms with van der Waals surface area (Å²) in [5.74, 6) is 0.931. The van der Waals surface area contributed by atoms with Gasteiger partial charge in [0.15, 0.2) is 0 Å². The van der Waals surface area contributed by atoms with Gasteiger partial charge in [-0.05, 0) is 30.3 Å². The normalized spacial score (nSPS) is 10.8. The van der Waals surface area contributed by atoms with Crippen LogP contribution in [-0.4, -0.2) is 19.6 Å². The molecule has 0 spiro atoms. The Morgan fingerprint density at radius 2 is 1.65 bits per heavy atom. The van der Waals surface area contributed by atoms with Gasteiger partial charge >= 0.3 is 0 Å². The largest absolute Gasteiger partial charge is 0.437 e. The van der Waals surface area contributed by atoms with E-state index >= 15 is 0 Å². The van der Waals surface area contributed by atoms with Crippen LogP contribution in [-0.2, 0) is 0 Å². The summed E-state index contributed by atoms with van der Waals surface area (Å²) in [6.07, 6.45) is 4.56. The van der Waals surface area contributed by atoms with E-state index in [1.54, 1.807) is 54.9 Å². The summed E-state index contributed by atoms with van der Waals surface area (Å²) in [4.78, 5) is 20.2. The van der Waals surface area contributed by atoms with Crippen LogP contribution in [0.15, 0.2) is 66.0 Å². The summed E-state index contributed by atoms with van der Waals surface area (Å²) in [7, 11) is 0. The molecule has 6 nitrogen and oxygen atoms in total. The molecule has 0 aliphatic carbocycles. The highest BCUT2D eigenvalue weighted by Gasteiger charge is 2.17. The first-order chi connectivity index (χ1) is 12.6. The maximum Gasteiger partial charge on any atom is 0.281 e. The van der Waals surface area contributed by atoms with E-state index in [-0.39, 0.29) is 5.56 Å². The predicted molar refractivity (Wildman–Crippen MR) is 99.0 cm³/mol. The first kappa shape index (κ1) is 16.5. The Morgan fingerprint density at radius 1 is 0.923 bits per heavy atom. The minimum Gasteiger partial charge on any atom is -0.437 e. The van der Waals surface area contributed by atoms with E-state index in [1.807, 2.05) is 0 Å². The molecule has 0 saturated heterocycles. The SMILES string of the molecule is O=c1ncn2nc(Oc3ccncc3)ccc2c1-c1c(Cl)cccc1Cl. The third-order valence-corrected chi connectivity index (χ3v) is 4.31. The van der Waals surface area contributed by atoms with Gasteiger partial charge in [0.25, 0.3) is 5.56 Å². The molecule has 4 aromatic rings. The van der Waals surface area contributed by atoms with Crippen molar-refractivity contribution in [3.63, 3.8) is 0 Å². The molecule has 0 unspecified atom stereocenters. The number of pyridine rings is 1. The topological polar surface area (TPSA) is 69.4 Å². The number of ether oxygens (including phenoxy) is 1. The lowest BCUT2D eigenvalue weighted by Crippen LogP contribution is -2.14. The van der Waals surface area contributed by atoms with E-state index in [9.17, 15) is 4.79 Å². The molecule has 0 aliphatic rings. The summed E-state index contributed by atoms with van der Waals surface area (Å²) < 4.78 is 7.13. The summed E-state index contributed by atoms with van der Waals surface area (Å²) in [5.41, 5.74) is 0.786. The third kappa shape index (κ3) is 3.00.